The number of thiocarbonyl (C=S) groups is 1. The summed E-state index contributed by atoms with van der Waals surface area (Å²) in [6, 6.07) is 4.72. The fourth-order valence-electron chi connectivity index (χ4n) is 1.99. The van der Waals surface area contributed by atoms with Gasteiger partial charge < -0.3 is 5.73 Å². The highest BCUT2D eigenvalue weighted by atomic mass is 32.2. The lowest BCUT2D eigenvalue weighted by atomic mass is 9.88. The van der Waals surface area contributed by atoms with Gasteiger partial charge in [-0.2, -0.15) is 4.31 Å². The summed E-state index contributed by atoms with van der Waals surface area (Å²) >= 11 is 4.95. The van der Waals surface area contributed by atoms with Crippen molar-refractivity contribution in [1.29, 1.82) is 0 Å². The molecule has 1 atom stereocenters. The first-order valence-electron chi connectivity index (χ1n) is 6.77. The van der Waals surface area contributed by atoms with Crippen LogP contribution >= 0.6 is 12.2 Å². The van der Waals surface area contributed by atoms with Crippen LogP contribution < -0.4 is 5.73 Å². The zero-order valence-corrected chi connectivity index (χ0v) is 15.1. The molecule has 0 aliphatic rings. The lowest BCUT2D eigenvalue weighted by Gasteiger charge is -2.34. The number of hydrogen-bond donors (Lipinski definition) is 1. The number of hydrogen-bond acceptors (Lipinski definition) is 3. The first-order valence-corrected chi connectivity index (χ1v) is 8.62. The molecule has 118 valence electrons. The fraction of sp³-hybridized carbons (Fsp3) is 0.533. The molecule has 0 aliphatic heterocycles. The van der Waals surface area contributed by atoms with Gasteiger partial charge in [-0.3, -0.25) is 0 Å². The minimum atomic E-state index is -3.54. The van der Waals surface area contributed by atoms with Gasteiger partial charge in [0, 0.05) is 18.7 Å². The number of nitrogens with two attached hydrogens (primary N) is 1. The number of rotatable bonds is 4. The molecule has 0 bridgehead atoms. The largest absolute Gasteiger partial charge is 0.389 e. The second-order valence-corrected chi connectivity index (χ2v) is 8.84. The standard InChI is InChI=1S/C15H24N2O2S2/c1-10-9-12(7-8-13(10)14(16)20)21(18,19)17(6)11(2)15(3,4)5/h7-9,11H,1-6H3,(H2,16,20). The second-order valence-electron chi connectivity index (χ2n) is 6.40. The molecule has 4 nitrogen and oxygen atoms in total. The Bertz CT molecular complexity index is 646. The van der Waals surface area contributed by atoms with Crippen molar-refractivity contribution < 1.29 is 8.42 Å². The number of sulfonamides is 1. The lowest BCUT2D eigenvalue weighted by molar-refractivity contribution is 0.216. The quantitative estimate of drug-likeness (QED) is 0.863. The highest BCUT2D eigenvalue weighted by molar-refractivity contribution is 7.89. The van der Waals surface area contributed by atoms with E-state index in [1.54, 1.807) is 32.2 Å². The Kier molecular flexibility index (Phi) is 5.18. The molecule has 0 heterocycles. The van der Waals surface area contributed by atoms with E-state index in [1.807, 2.05) is 27.7 Å². The molecule has 1 aromatic carbocycles. The molecule has 0 saturated carbocycles. The van der Waals surface area contributed by atoms with E-state index >= 15 is 0 Å². The van der Waals surface area contributed by atoms with Gasteiger partial charge in [0.05, 0.1) is 4.90 Å². The van der Waals surface area contributed by atoms with Gasteiger partial charge in [0.25, 0.3) is 0 Å². The van der Waals surface area contributed by atoms with Crippen molar-refractivity contribution in [2.75, 3.05) is 7.05 Å². The lowest BCUT2D eigenvalue weighted by Crippen LogP contribution is -2.42. The molecule has 0 amide bonds. The zero-order chi connectivity index (χ0) is 16.6. The van der Waals surface area contributed by atoms with Crippen LogP contribution in [0.4, 0.5) is 0 Å². The second kappa shape index (κ2) is 6.02. The van der Waals surface area contributed by atoms with Gasteiger partial charge in [-0.05, 0) is 37.0 Å². The predicted octanol–water partition coefficient (Wildman–Crippen LogP) is 2.68. The van der Waals surface area contributed by atoms with Crippen molar-refractivity contribution in [3.8, 4) is 0 Å². The van der Waals surface area contributed by atoms with Crippen LogP contribution in [-0.4, -0.2) is 30.8 Å². The van der Waals surface area contributed by atoms with Gasteiger partial charge in [0.1, 0.15) is 4.99 Å². The maximum absolute atomic E-state index is 12.7. The summed E-state index contributed by atoms with van der Waals surface area (Å²) in [6.07, 6.45) is 0. The summed E-state index contributed by atoms with van der Waals surface area (Å²) in [5, 5.41) is 0. The Hall–Kier alpha value is -0.980. The normalized spacial score (nSPS) is 14.2. The third-order valence-electron chi connectivity index (χ3n) is 3.94. The van der Waals surface area contributed by atoms with Crippen molar-refractivity contribution >= 4 is 27.2 Å². The van der Waals surface area contributed by atoms with Crippen molar-refractivity contribution in [2.24, 2.45) is 11.1 Å². The van der Waals surface area contributed by atoms with Crippen LogP contribution in [0.2, 0.25) is 0 Å². The Morgan fingerprint density at radius 1 is 1.33 bits per heavy atom. The summed E-state index contributed by atoms with van der Waals surface area (Å²) in [5.74, 6) is 0. The van der Waals surface area contributed by atoms with E-state index in [0.717, 1.165) is 5.56 Å². The molecule has 2 N–H and O–H groups in total. The smallest absolute Gasteiger partial charge is 0.243 e. The molecular weight excluding hydrogens is 304 g/mol. The Morgan fingerprint density at radius 3 is 2.24 bits per heavy atom. The molecule has 0 saturated heterocycles. The molecule has 0 aliphatic carbocycles. The molecule has 0 fully saturated rings. The number of aryl methyl sites for hydroxylation is 1. The third-order valence-corrected chi connectivity index (χ3v) is 6.08. The average Bonchev–Trinajstić information content (AvgIpc) is 2.35. The highest BCUT2D eigenvalue weighted by Crippen LogP contribution is 2.28. The van der Waals surface area contributed by atoms with Crippen molar-refractivity contribution in [1.82, 2.24) is 4.31 Å². The van der Waals surface area contributed by atoms with Crippen LogP contribution in [0.3, 0.4) is 0 Å². The van der Waals surface area contributed by atoms with Crippen molar-refractivity contribution in [2.45, 2.75) is 45.6 Å². The van der Waals surface area contributed by atoms with Gasteiger partial charge in [0.2, 0.25) is 10.0 Å². The minimum absolute atomic E-state index is 0.127. The van der Waals surface area contributed by atoms with Crippen LogP contribution in [0.25, 0.3) is 0 Å². The molecule has 1 aromatic rings. The van der Waals surface area contributed by atoms with E-state index in [-0.39, 0.29) is 21.3 Å². The molecule has 1 unspecified atom stereocenters. The van der Waals surface area contributed by atoms with Crippen LogP contribution in [0, 0.1) is 12.3 Å². The summed E-state index contributed by atoms with van der Waals surface area (Å²) in [5.41, 5.74) is 6.94. The molecule has 0 aromatic heterocycles. The fourth-order valence-corrected chi connectivity index (χ4v) is 3.85. The SMILES string of the molecule is Cc1cc(S(=O)(=O)N(C)C(C)C(C)(C)C)ccc1C(N)=S. The van der Waals surface area contributed by atoms with E-state index in [2.05, 4.69) is 0 Å². The Morgan fingerprint density at radius 2 is 1.86 bits per heavy atom. The predicted molar refractivity (Wildman–Crippen MR) is 90.9 cm³/mol. The van der Waals surface area contributed by atoms with Gasteiger partial charge >= 0.3 is 0 Å². The summed E-state index contributed by atoms with van der Waals surface area (Å²) < 4.78 is 26.8. The van der Waals surface area contributed by atoms with E-state index in [0.29, 0.717) is 5.56 Å². The number of nitrogens with zero attached hydrogens (tertiary/aromatic N) is 1. The topological polar surface area (TPSA) is 63.4 Å². The van der Waals surface area contributed by atoms with E-state index in [4.69, 9.17) is 18.0 Å². The minimum Gasteiger partial charge on any atom is -0.389 e. The zero-order valence-electron chi connectivity index (χ0n) is 13.5. The maximum Gasteiger partial charge on any atom is 0.243 e. The van der Waals surface area contributed by atoms with Crippen LogP contribution in [0.5, 0.6) is 0 Å². The van der Waals surface area contributed by atoms with E-state index in [1.165, 1.54) is 4.31 Å². The first-order chi connectivity index (χ1) is 9.39. The summed E-state index contributed by atoms with van der Waals surface area (Å²) in [7, 11) is -1.92. The van der Waals surface area contributed by atoms with Crippen molar-refractivity contribution in [3.05, 3.63) is 29.3 Å². The molecule has 21 heavy (non-hydrogen) atoms. The highest BCUT2D eigenvalue weighted by Gasteiger charge is 2.32. The summed E-state index contributed by atoms with van der Waals surface area (Å²) in [6.45, 7) is 9.77. The van der Waals surface area contributed by atoms with Crippen LogP contribution in [-0.2, 0) is 10.0 Å². The molecule has 6 heteroatoms. The van der Waals surface area contributed by atoms with E-state index in [9.17, 15) is 8.42 Å². The maximum atomic E-state index is 12.7. The average molecular weight is 329 g/mol. The Balaban J connectivity index is 3.26. The van der Waals surface area contributed by atoms with Crippen molar-refractivity contribution in [3.63, 3.8) is 0 Å². The van der Waals surface area contributed by atoms with Crippen LogP contribution in [0.15, 0.2) is 23.1 Å². The first kappa shape index (κ1) is 18.1. The Labute approximate surface area is 133 Å². The molecule has 1 rings (SSSR count). The third kappa shape index (κ3) is 3.81. The van der Waals surface area contributed by atoms with Gasteiger partial charge in [0.15, 0.2) is 0 Å². The monoisotopic (exact) mass is 328 g/mol. The molecule has 0 spiro atoms. The van der Waals surface area contributed by atoms with Gasteiger partial charge in [-0.1, -0.05) is 39.1 Å². The van der Waals surface area contributed by atoms with Gasteiger partial charge in [-0.15, -0.1) is 0 Å². The van der Waals surface area contributed by atoms with Crippen LogP contribution in [0.1, 0.15) is 38.8 Å². The molecule has 0 radical (unpaired) electrons. The number of benzene rings is 1. The van der Waals surface area contributed by atoms with Gasteiger partial charge in [-0.25, -0.2) is 8.42 Å². The summed E-state index contributed by atoms with van der Waals surface area (Å²) in [4.78, 5) is 0.534. The molecular formula is C15H24N2O2S2. The van der Waals surface area contributed by atoms with E-state index < -0.39 is 10.0 Å².